The minimum absolute atomic E-state index is 0.0791. The molecular formula is C76H134O6. The van der Waals surface area contributed by atoms with Crippen LogP contribution < -0.4 is 0 Å². The molecule has 0 rings (SSSR count). The Hall–Kier alpha value is -3.41. The van der Waals surface area contributed by atoms with Crippen LogP contribution in [0.3, 0.4) is 0 Å². The van der Waals surface area contributed by atoms with Crippen molar-refractivity contribution >= 4 is 17.9 Å². The largest absolute Gasteiger partial charge is 0.462 e. The van der Waals surface area contributed by atoms with Gasteiger partial charge in [-0.1, -0.05) is 331 Å². The first kappa shape index (κ1) is 78.6. The van der Waals surface area contributed by atoms with Gasteiger partial charge in [0.25, 0.3) is 0 Å². The molecule has 0 heterocycles. The highest BCUT2D eigenvalue weighted by Gasteiger charge is 2.19. The van der Waals surface area contributed by atoms with Crippen molar-refractivity contribution in [3.8, 4) is 0 Å². The lowest BCUT2D eigenvalue weighted by Gasteiger charge is -2.18. The Morgan fingerprint density at radius 2 is 0.476 bits per heavy atom. The van der Waals surface area contributed by atoms with Crippen LogP contribution in [0.15, 0.2) is 85.1 Å². The molecule has 0 fully saturated rings. The SMILES string of the molecule is CC/C=C\C/C=C\C/C=C\C/C=C\C/C=C\CCCCCCCCCCCCCC(=O)OCC(COC(=O)CCCCCCC/C=C\C/C=C\CCCCC)OC(=O)CCCCCCCCCCCCCCCCCCCCCCCC. The van der Waals surface area contributed by atoms with Crippen molar-refractivity contribution in [2.75, 3.05) is 13.2 Å². The van der Waals surface area contributed by atoms with Crippen LogP contribution in [0.1, 0.15) is 361 Å². The molecular weight excluding hydrogens is 1010 g/mol. The fraction of sp³-hybridized carbons (Fsp3) is 0.776. The van der Waals surface area contributed by atoms with E-state index in [-0.39, 0.29) is 31.1 Å². The van der Waals surface area contributed by atoms with Crippen molar-refractivity contribution in [3.05, 3.63) is 85.1 Å². The molecule has 474 valence electrons. The Balaban J connectivity index is 4.31. The maximum atomic E-state index is 13.0. The van der Waals surface area contributed by atoms with Gasteiger partial charge in [0.2, 0.25) is 0 Å². The van der Waals surface area contributed by atoms with Crippen molar-refractivity contribution in [2.45, 2.75) is 367 Å². The van der Waals surface area contributed by atoms with Gasteiger partial charge in [0.15, 0.2) is 6.10 Å². The summed E-state index contributed by atoms with van der Waals surface area (Å²) in [6.07, 6.45) is 93.2. The molecule has 0 aromatic heterocycles. The third-order valence-electron chi connectivity index (χ3n) is 15.6. The van der Waals surface area contributed by atoms with E-state index in [0.717, 1.165) is 109 Å². The van der Waals surface area contributed by atoms with Crippen molar-refractivity contribution in [1.29, 1.82) is 0 Å². The van der Waals surface area contributed by atoms with E-state index < -0.39 is 6.10 Å². The standard InChI is InChI=1S/C76H134O6/c1-4-7-10-13-16-19-22-25-28-30-32-34-36-37-38-39-40-42-43-45-48-51-54-57-60-63-66-69-75(78)81-72-73(71-80-74(77)68-65-62-59-56-53-50-47-27-24-21-18-15-12-9-6-3)82-76(79)70-67-64-61-58-55-52-49-46-44-41-35-33-31-29-26-23-20-17-14-11-8-5-2/h7,10,16,18-19,21,25,27-28,32,34,37-38,47,73H,4-6,8-9,11-15,17,20,22-24,26,29-31,33,35-36,39-46,48-72H2,1-3H3/b10-7-,19-16-,21-18-,28-25-,34-32-,38-37-,47-27-. The molecule has 0 aromatic carbocycles. The van der Waals surface area contributed by atoms with E-state index in [1.807, 2.05) is 0 Å². The van der Waals surface area contributed by atoms with Crippen molar-refractivity contribution in [3.63, 3.8) is 0 Å². The minimum Gasteiger partial charge on any atom is -0.462 e. The summed E-state index contributed by atoms with van der Waals surface area (Å²) < 4.78 is 17.0. The summed E-state index contributed by atoms with van der Waals surface area (Å²) in [6, 6.07) is 0. The summed E-state index contributed by atoms with van der Waals surface area (Å²) in [5, 5.41) is 0. The molecule has 6 heteroatoms. The third kappa shape index (κ3) is 67.4. The van der Waals surface area contributed by atoms with Gasteiger partial charge in [-0.05, 0) is 96.3 Å². The van der Waals surface area contributed by atoms with Crippen molar-refractivity contribution in [2.24, 2.45) is 0 Å². The highest BCUT2D eigenvalue weighted by atomic mass is 16.6. The average Bonchev–Trinajstić information content (AvgIpc) is 3.47. The number of hydrogen-bond acceptors (Lipinski definition) is 6. The first-order valence-electron chi connectivity index (χ1n) is 35.6. The fourth-order valence-corrected chi connectivity index (χ4v) is 10.3. The quantitative estimate of drug-likeness (QED) is 0.0261. The Bertz CT molecular complexity index is 1550. The predicted octanol–water partition coefficient (Wildman–Crippen LogP) is 24.6. The minimum atomic E-state index is -0.784. The molecule has 6 nitrogen and oxygen atoms in total. The van der Waals surface area contributed by atoms with E-state index in [1.54, 1.807) is 0 Å². The van der Waals surface area contributed by atoms with Crippen LogP contribution >= 0.6 is 0 Å². The molecule has 0 aliphatic rings. The Kier molecular flexibility index (Phi) is 67.2. The molecule has 0 aromatic rings. The van der Waals surface area contributed by atoms with Gasteiger partial charge < -0.3 is 14.2 Å². The van der Waals surface area contributed by atoms with Crippen LogP contribution in [0, 0.1) is 0 Å². The zero-order chi connectivity index (χ0) is 59.2. The van der Waals surface area contributed by atoms with Crippen LogP contribution in [-0.4, -0.2) is 37.2 Å². The molecule has 0 bridgehead atoms. The first-order chi connectivity index (χ1) is 40.5. The maximum Gasteiger partial charge on any atom is 0.306 e. The lowest BCUT2D eigenvalue weighted by atomic mass is 10.0. The van der Waals surface area contributed by atoms with Gasteiger partial charge in [-0.15, -0.1) is 0 Å². The highest BCUT2D eigenvalue weighted by molar-refractivity contribution is 5.71. The summed E-state index contributed by atoms with van der Waals surface area (Å²) in [4.78, 5) is 38.5. The molecule has 82 heavy (non-hydrogen) atoms. The topological polar surface area (TPSA) is 78.9 Å². The predicted molar refractivity (Wildman–Crippen MR) is 358 cm³/mol. The van der Waals surface area contributed by atoms with Crippen molar-refractivity contribution in [1.82, 2.24) is 0 Å². The summed E-state index contributed by atoms with van der Waals surface area (Å²) in [6.45, 7) is 6.54. The summed E-state index contributed by atoms with van der Waals surface area (Å²) in [7, 11) is 0. The van der Waals surface area contributed by atoms with Crippen LogP contribution in [0.5, 0.6) is 0 Å². The lowest BCUT2D eigenvalue weighted by Crippen LogP contribution is -2.30. The second kappa shape index (κ2) is 70.1. The van der Waals surface area contributed by atoms with Gasteiger partial charge in [-0.3, -0.25) is 14.4 Å². The van der Waals surface area contributed by atoms with E-state index >= 15 is 0 Å². The molecule has 0 aliphatic heterocycles. The van der Waals surface area contributed by atoms with Crippen LogP contribution in [0.2, 0.25) is 0 Å². The fourth-order valence-electron chi connectivity index (χ4n) is 10.3. The number of carbonyl (C=O) groups excluding carboxylic acids is 3. The number of esters is 3. The maximum absolute atomic E-state index is 13.0. The Morgan fingerprint density at radius 1 is 0.256 bits per heavy atom. The van der Waals surface area contributed by atoms with Gasteiger partial charge in [0.05, 0.1) is 0 Å². The molecule has 0 aliphatic carbocycles. The van der Waals surface area contributed by atoms with Gasteiger partial charge in [0.1, 0.15) is 13.2 Å². The molecule has 0 N–H and O–H groups in total. The third-order valence-corrected chi connectivity index (χ3v) is 15.6. The zero-order valence-electron chi connectivity index (χ0n) is 54.5. The number of carbonyl (C=O) groups is 3. The summed E-state index contributed by atoms with van der Waals surface area (Å²) in [5.74, 6) is -0.875. The monoisotopic (exact) mass is 1140 g/mol. The van der Waals surface area contributed by atoms with Gasteiger partial charge in [0, 0.05) is 19.3 Å². The van der Waals surface area contributed by atoms with Gasteiger partial charge in [-0.2, -0.15) is 0 Å². The second-order valence-electron chi connectivity index (χ2n) is 23.8. The highest BCUT2D eigenvalue weighted by Crippen LogP contribution is 2.18. The number of ether oxygens (including phenoxy) is 3. The molecule has 1 unspecified atom stereocenters. The van der Waals surface area contributed by atoms with E-state index in [1.165, 1.54) is 212 Å². The van der Waals surface area contributed by atoms with Crippen LogP contribution in [0.4, 0.5) is 0 Å². The molecule has 0 amide bonds. The number of rotatable bonds is 65. The number of unbranched alkanes of at least 4 members (excludes halogenated alkanes) is 40. The Labute approximate surface area is 509 Å². The van der Waals surface area contributed by atoms with E-state index in [0.29, 0.717) is 19.3 Å². The van der Waals surface area contributed by atoms with E-state index in [2.05, 4.69) is 106 Å². The Morgan fingerprint density at radius 3 is 0.768 bits per heavy atom. The number of allylic oxidation sites excluding steroid dienone is 14. The van der Waals surface area contributed by atoms with Crippen LogP contribution in [0.25, 0.3) is 0 Å². The van der Waals surface area contributed by atoms with Crippen molar-refractivity contribution < 1.29 is 28.6 Å². The lowest BCUT2D eigenvalue weighted by molar-refractivity contribution is -0.167. The second-order valence-corrected chi connectivity index (χ2v) is 23.8. The smallest absolute Gasteiger partial charge is 0.306 e. The first-order valence-corrected chi connectivity index (χ1v) is 35.6. The molecule has 0 radical (unpaired) electrons. The van der Waals surface area contributed by atoms with Gasteiger partial charge >= 0.3 is 17.9 Å². The zero-order valence-corrected chi connectivity index (χ0v) is 54.5. The summed E-state index contributed by atoms with van der Waals surface area (Å²) in [5.41, 5.74) is 0. The van der Waals surface area contributed by atoms with E-state index in [9.17, 15) is 14.4 Å². The van der Waals surface area contributed by atoms with E-state index in [4.69, 9.17) is 14.2 Å². The normalized spacial score (nSPS) is 12.6. The van der Waals surface area contributed by atoms with Gasteiger partial charge in [-0.25, -0.2) is 0 Å². The number of hydrogen-bond donors (Lipinski definition) is 0. The van der Waals surface area contributed by atoms with Crippen LogP contribution in [-0.2, 0) is 28.6 Å². The summed E-state index contributed by atoms with van der Waals surface area (Å²) >= 11 is 0. The molecule has 0 saturated carbocycles. The molecule has 0 spiro atoms. The molecule has 0 saturated heterocycles. The molecule has 1 atom stereocenters. The average molecular weight is 1140 g/mol.